The van der Waals surface area contributed by atoms with Crippen LogP contribution in [0.4, 0.5) is 5.69 Å². The van der Waals surface area contributed by atoms with Crippen molar-refractivity contribution < 1.29 is 14.5 Å². The molecule has 0 aliphatic carbocycles. The first kappa shape index (κ1) is 13.7. The van der Waals surface area contributed by atoms with Crippen molar-refractivity contribution in [3.05, 3.63) is 45.3 Å². The lowest BCUT2D eigenvalue weighted by molar-refractivity contribution is -0.384. The van der Waals surface area contributed by atoms with E-state index in [1.165, 1.54) is 18.2 Å². The molecule has 0 atom stereocenters. The van der Waals surface area contributed by atoms with Crippen molar-refractivity contribution in [3.63, 3.8) is 0 Å². The molecule has 1 aromatic heterocycles. The highest BCUT2D eigenvalue weighted by atomic mass is 16.6. The van der Waals surface area contributed by atoms with Gasteiger partial charge in [-0.2, -0.15) is 5.10 Å². The van der Waals surface area contributed by atoms with E-state index >= 15 is 0 Å². The molecule has 0 aliphatic heterocycles. The van der Waals surface area contributed by atoms with E-state index in [4.69, 9.17) is 4.74 Å². The zero-order valence-corrected chi connectivity index (χ0v) is 11.3. The fourth-order valence-electron chi connectivity index (χ4n) is 1.85. The first-order valence-electron chi connectivity index (χ1n) is 5.85. The van der Waals surface area contributed by atoms with Gasteiger partial charge in [0.1, 0.15) is 11.4 Å². The van der Waals surface area contributed by atoms with E-state index < -0.39 is 4.92 Å². The molecule has 0 unspecified atom stereocenters. The number of benzene rings is 1. The molecule has 0 aliphatic rings. The van der Waals surface area contributed by atoms with Crippen molar-refractivity contribution in [1.82, 2.24) is 9.78 Å². The molecule has 1 aromatic carbocycles. The molecule has 0 spiro atoms. The molecule has 7 heteroatoms. The Labute approximate surface area is 114 Å². The quantitative estimate of drug-likeness (QED) is 0.486. The number of ether oxygens (including phenoxy) is 1. The fraction of sp³-hybridized carbons (Fsp3) is 0.231. The van der Waals surface area contributed by atoms with Gasteiger partial charge in [-0.15, -0.1) is 0 Å². The number of carbonyl (C=O) groups excluding carboxylic acids is 1. The number of nitrogens with zero attached hydrogens (tertiary/aromatic N) is 3. The van der Waals surface area contributed by atoms with Crippen molar-refractivity contribution in [2.24, 2.45) is 7.05 Å². The topological polar surface area (TPSA) is 87.3 Å². The van der Waals surface area contributed by atoms with Crippen molar-refractivity contribution in [2.75, 3.05) is 0 Å². The van der Waals surface area contributed by atoms with Crippen LogP contribution in [-0.2, 0) is 7.05 Å². The number of aromatic nitrogens is 2. The highest BCUT2D eigenvalue weighted by Gasteiger charge is 2.16. The molecule has 7 nitrogen and oxygen atoms in total. The highest BCUT2D eigenvalue weighted by Crippen LogP contribution is 2.31. The molecule has 0 N–H and O–H groups in total. The predicted octanol–water partition coefficient (Wildman–Crippen LogP) is 2.55. The Morgan fingerprint density at radius 3 is 2.60 bits per heavy atom. The summed E-state index contributed by atoms with van der Waals surface area (Å²) in [5, 5.41) is 14.9. The summed E-state index contributed by atoms with van der Waals surface area (Å²) in [5.74, 6) is 0.814. The van der Waals surface area contributed by atoms with Gasteiger partial charge in [0.05, 0.1) is 16.2 Å². The fourth-order valence-corrected chi connectivity index (χ4v) is 1.85. The molecule has 104 valence electrons. The Kier molecular flexibility index (Phi) is 3.51. The third-order valence-electron chi connectivity index (χ3n) is 2.99. The maximum Gasteiger partial charge on any atom is 0.270 e. The van der Waals surface area contributed by atoms with Crippen molar-refractivity contribution in [1.29, 1.82) is 0 Å². The Hall–Kier alpha value is -2.70. The lowest BCUT2D eigenvalue weighted by Gasteiger charge is -2.08. The molecule has 0 amide bonds. The second kappa shape index (κ2) is 5.12. The van der Waals surface area contributed by atoms with Gasteiger partial charge in [0, 0.05) is 19.2 Å². The van der Waals surface area contributed by atoms with Crippen LogP contribution in [0.3, 0.4) is 0 Å². The number of nitro groups is 1. The highest BCUT2D eigenvalue weighted by molar-refractivity contribution is 5.81. The van der Waals surface area contributed by atoms with E-state index in [2.05, 4.69) is 5.10 Å². The summed E-state index contributed by atoms with van der Waals surface area (Å²) in [7, 11) is 1.78. The number of aldehydes is 1. The molecule has 2 rings (SSSR count). The van der Waals surface area contributed by atoms with E-state index in [9.17, 15) is 14.9 Å². The number of nitro benzene ring substituents is 1. The van der Waals surface area contributed by atoms with Gasteiger partial charge in [-0.3, -0.25) is 19.6 Å². The molecular weight excluding hydrogens is 262 g/mol. The molecule has 0 saturated carbocycles. The van der Waals surface area contributed by atoms with Gasteiger partial charge >= 0.3 is 0 Å². The summed E-state index contributed by atoms with van der Waals surface area (Å²) in [6, 6.07) is 3.89. The largest absolute Gasteiger partial charge is 0.453 e. The molecular formula is C13H13N3O4. The normalized spacial score (nSPS) is 10.3. The van der Waals surface area contributed by atoms with Crippen LogP contribution in [0.2, 0.25) is 0 Å². The van der Waals surface area contributed by atoms with E-state index in [0.29, 0.717) is 17.7 Å². The zero-order chi connectivity index (χ0) is 14.9. The number of aryl methyl sites for hydroxylation is 2. The maximum atomic E-state index is 11.0. The lowest BCUT2D eigenvalue weighted by atomic mass is 10.2. The number of hydrogen-bond acceptors (Lipinski definition) is 5. The van der Waals surface area contributed by atoms with Crippen LogP contribution in [0.1, 0.15) is 21.7 Å². The van der Waals surface area contributed by atoms with Gasteiger partial charge in [-0.25, -0.2) is 0 Å². The molecule has 2 aromatic rings. The Morgan fingerprint density at radius 2 is 2.10 bits per heavy atom. The van der Waals surface area contributed by atoms with Gasteiger partial charge in [0.25, 0.3) is 5.69 Å². The van der Waals surface area contributed by atoms with Crippen LogP contribution < -0.4 is 4.74 Å². The molecule has 0 radical (unpaired) electrons. The van der Waals surface area contributed by atoms with Crippen LogP contribution in [0.5, 0.6) is 11.5 Å². The summed E-state index contributed by atoms with van der Waals surface area (Å²) < 4.78 is 7.34. The van der Waals surface area contributed by atoms with Crippen LogP contribution in [-0.4, -0.2) is 21.0 Å². The van der Waals surface area contributed by atoms with Crippen LogP contribution in [0, 0.1) is 24.0 Å². The number of non-ortho nitro benzene ring substituents is 1. The standard InChI is InChI=1S/C13H13N3O4/c1-8-13(9(2)15(3)14-8)20-12-5-4-11(16(18)19)6-10(12)7-17/h4-7H,1-3H3. The van der Waals surface area contributed by atoms with Gasteiger partial charge in [-0.05, 0) is 19.9 Å². The van der Waals surface area contributed by atoms with Gasteiger partial charge < -0.3 is 4.74 Å². The average molecular weight is 275 g/mol. The SMILES string of the molecule is Cc1nn(C)c(C)c1Oc1ccc([N+](=O)[O-])cc1C=O. The van der Waals surface area contributed by atoms with Crippen molar-refractivity contribution in [2.45, 2.75) is 13.8 Å². The number of hydrogen-bond donors (Lipinski definition) is 0. The third kappa shape index (κ3) is 2.37. The summed E-state index contributed by atoms with van der Waals surface area (Å²) in [5.41, 5.74) is 1.46. The van der Waals surface area contributed by atoms with Crippen LogP contribution >= 0.6 is 0 Å². The molecule has 0 fully saturated rings. The second-order valence-corrected chi connectivity index (χ2v) is 4.32. The minimum atomic E-state index is -0.558. The zero-order valence-electron chi connectivity index (χ0n) is 11.3. The van der Waals surface area contributed by atoms with Gasteiger partial charge in [0.2, 0.25) is 0 Å². The minimum Gasteiger partial charge on any atom is -0.453 e. The monoisotopic (exact) mass is 275 g/mol. The number of carbonyl (C=O) groups is 1. The summed E-state index contributed by atoms with van der Waals surface area (Å²) >= 11 is 0. The van der Waals surface area contributed by atoms with Crippen molar-refractivity contribution in [3.8, 4) is 11.5 Å². The molecule has 0 bridgehead atoms. The minimum absolute atomic E-state index is 0.127. The van der Waals surface area contributed by atoms with Gasteiger partial charge in [0.15, 0.2) is 12.0 Å². The molecule has 0 saturated heterocycles. The summed E-state index contributed by atoms with van der Waals surface area (Å²) in [6.45, 7) is 3.62. The smallest absolute Gasteiger partial charge is 0.270 e. The van der Waals surface area contributed by atoms with Crippen molar-refractivity contribution >= 4 is 12.0 Å². The summed E-state index contributed by atoms with van der Waals surface area (Å²) in [4.78, 5) is 21.2. The first-order chi connectivity index (χ1) is 9.43. The predicted molar refractivity (Wildman–Crippen MR) is 71.2 cm³/mol. The van der Waals surface area contributed by atoms with E-state index in [1.807, 2.05) is 6.92 Å². The Bertz CT molecular complexity index is 691. The van der Waals surface area contributed by atoms with E-state index in [0.717, 1.165) is 5.69 Å². The second-order valence-electron chi connectivity index (χ2n) is 4.32. The van der Waals surface area contributed by atoms with Crippen LogP contribution in [0.15, 0.2) is 18.2 Å². The first-order valence-corrected chi connectivity index (χ1v) is 5.85. The van der Waals surface area contributed by atoms with E-state index in [-0.39, 0.29) is 17.0 Å². The van der Waals surface area contributed by atoms with E-state index in [1.54, 1.807) is 18.7 Å². The summed E-state index contributed by atoms with van der Waals surface area (Å²) in [6.07, 6.45) is 0.531. The third-order valence-corrected chi connectivity index (χ3v) is 2.99. The molecule has 20 heavy (non-hydrogen) atoms. The van der Waals surface area contributed by atoms with Gasteiger partial charge in [-0.1, -0.05) is 0 Å². The Morgan fingerprint density at radius 1 is 1.40 bits per heavy atom. The number of rotatable bonds is 4. The maximum absolute atomic E-state index is 11.0. The Balaban J connectivity index is 2.43. The lowest BCUT2D eigenvalue weighted by Crippen LogP contribution is -1.96. The average Bonchev–Trinajstić information content (AvgIpc) is 2.65. The molecule has 1 heterocycles. The van der Waals surface area contributed by atoms with Crippen LogP contribution in [0.25, 0.3) is 0 Å².